The van der Waals surface area contributed by atoms with E-state index in [9.17, 15) is 9.59 Å². The monoisotopic (exact) mass is 337 g/mol. The highest BCUT2D eigenvalue weighted by Gasteiger charge is 2.14. The van der Waals surface area contributed by atoms with Crippen LogP contribution in [0.1, 0.15) is 27.8 Å². The molecule has 104 valence electrons. The van der Waals surface area contributed by atoms with Crippen molar-refractivity contribution in [3.63, 3.8) is 0 Å². The summed E-state index contributed by atoms with van der Waals surface area (Å²) in [5.74, 6) is -1.20. The lowest BCUT2D eigenvalue weighted by molar-refractivity contribution is 0.0696. The van der Waals surface area contributed by atoms with E-state index >= 15 is 0 Å². The molecule has 2 heterocycles. The van der Waals surface area contributed by atoms with E-state index in [1.165, 1.54) is 18.3 Å². The van der Waals surface area contributed by atoms with Crippen molar-refractivity contribution in [2.75, 3.05) is 5.32 Å². The van der Waals surface area contributed by atoms with E-state index in [-0.39, 0.29) is 17.3 Å². The van der Waals surface area contributed by atoms with Crippen LogP contribution in [0.25, 0.3) is 0 Å². The second kappa shape index (κ2) is 5.87. The molecule has 20 heavy (non-hydrogen) atoms. The number of aromatic carboxylic acids is 1. The van der Waals surface area contributed by atoms with Gasteiger partial charge in [-0.05, 0) is 41.1 Å². The molecular formula is C13H12BrN3O3. The first kappa shape index (κ1) is 14.3. The standard InChI is InChI=1S/C13H12BrN3O3/c1-2-17-7-9(14)6-10(17)12(18)16-11-5-8(13(19)20)3-4-15-11/h3-7H,2H2,1H3,(H,19,20)(H,15,16,18). The lowest BCUT2D eigenvalue weighted by atomic mass is 10.2. The van der Waals surface area contributed by atoms with Crippen molar-refractivity contribution < 1.29 is 14.7 Å². The molecule has 2 aromatic rings. The van der Waals surface area contributed by atoms with Crippen LogP contribution in [0, 0.1) is 0 Å². The zero-order valence-electron chi connectivity index (χ0n) is 10.6. The van der Waals surface area contributed by atoms with Gasteiger partial charge in [0.15, 0.2) is 0 Å². The zero-order valence-corrected chi connectivity index (χ0v) is 12.2. The molecule has 0 spiro atoms. The molecule has 0 radical (unpaired) electrons. The van der Waals surface area contributed by atoms with Gasteiger partial charge < -0.3 is 15.0 Å². The van der Waals surface area contributed by atoms with Gasteiger partial charge in [-0.2, -0.15) is 0 Å². The molecule has 0 aliphatic rings. The van der Waals surface area contributed by atoms with Crippen LogP contribution in [0.15, 0.2) is 35.1 Å². The SMILES string of the molecule is CCn1cc(Br)cc1C(=O)Nc1cc(C(=O)O)ccn1. The summed E-state index contributed by atoms with van der Waals surface area (Å²) in [5.41, 5.74) is 0.546. The van der Waals surface area contributed by atoms with E-state index in [2.05, 4.69) is 26.2 Å². The molecule has 0 saturated carbocycles. The van der Waals surface area contributed by atoms with Crippen molar-refractivity contribution >= 4 is 33.6 Å². The van der Waals surface area contributed by atoms with E-state index in [1.54, 1.807) is 16.8 Å². The van der Waals surface area contributed by atoms with Gasteiger partial charge in [0.1, 0.15) is 11.5 Å². The molecule has 6 nitrogen and oxygen atoms in total. The highest BCUT2D eigenvalue weighted by molar-refractivity contribution is 9.10. The predicted molar refractivity (Wildman–Crippen MR) is 77.0 cm³/mol. The summed E-state index contributed by atoms with van der Waals surface area (Å²) >= 11 is 3.31. The fourth-order valence-electron chi connectivity index (χ4n) is 1.74. The van der Waals surface area contributed by atoms with Gasteiger partial charge in [0.05, 0.1) is 5.56 Å². The smallest absolute Gasteiger partial charge is 0.335 e. The number of hydrogen-bond acceptors (Lipinski definition) is 3. The Morgan fingerprint density at radius 3 is 2.85 bits per heavy atom. The van der Waals surface area contributed by atoms with Gasteiger partial charge in [-0.1, -0.05) is 0 Å². The van der Waals surface area contributed by atoms with Crippen molar-refractivity contribution in [3.8, 4) is 0 Å². The lowest BCUT2D eigenvalue weighted by Gasteiger charge is -2.07. The van der Waals surface area contributed by atoms with E-state index in [1.807, 2.05) is 6.92 Å². The lowest BCUT2D eigenvalue weighted by Crippen LogP contribution is -2.17. The molecule has 2 aromatic heterocycles. The van der Waals surface area contributed by atoms with Gasteiger partial charge in [-0.3, -0.25) is 4.79 Å². The first-order chi connectivity index (χ1) is 9.51. The summed E-state index contributed by atoms with van der Waals surface area (Å²) in [7, 11) is 0. The van der Waals surface area contributed by atoms with Crippen molar-refractivity contribution in [2.24, 2.45) is 0 Å². The number of aryl methyl sites for hydroxylation is 1. The van der Waals surface area contributed by atoms with Crippen LogP contribution in [-0.4, -0.2) is 26.5 Å². The fraction of sp³-hybridized carbons (Fsp3) is 0.154. The molecular weight excluding hydrogens is 326 g/mol. The molecule has 0 unspecified atom stereocenters. The molecule has 7 heteroatoms. The Labute approximate surface area is 123 Å². The second-order valence-corrected chi connectivity index (χ2v) is 4.93. The number of carboxylic acids is 1. The van der Waals surface area contributed by atoms with Crippen LogP contribution in [0.5, 0.6) is 0 Å². The number of rotatable bonds is 4. The van der Waals surface area contributed by atoms with Crippen molar-refractivity contribution in [1.29, 1.82) is 0 Å². The first-order valence-electron chi connectivity index (χ1n) is 5.87. The second-order valence-electron chi connectivity index (χ2n) is 4.02. The number of carboxylic acid groups (broad SMARTS) is 1. The Balaban J connectivity index is 2.23. The Morgan fingerprint density at radius 1 is 1.45 bits per heavy atom. The minimum Gasteiger partial charge on any atom is -0.478 e. The maximum Gasteiger partial charge on any atom is 0.335 e. The van der Waals surface area contributed by atoms with Gasteiger partial charge >= 0.3 is 5.97 Å². The molecule has 2 rings (SSSR count). The van der Waals surface area contributed by atoms with Crippen LogP contribution in [0.2, 0.25) is 0 Å². The highest BCUT2D eigenvalue weighted by atomic mass is 79.9. The normalized spacial score (nSPS) is 10.3. The van der Waals surface area contributed by atoms with Crippen LogP contribution in [0.3, 0.4) is 0 Å². The number of pyridine rings is 1. The maximum atomic E-state index is 12.1. The summed E-state index contributed by atoms with van der Waals surface area (Å²) in [6.07, 6.45) is 3.14. The van der Waals surface area contributed by atoms with Gasteiger partial charge in [0.25, 0.3) is 5.91 Å². The number of carbonyl (C=O) groups excluding carboxylic acids is 1. The van der Waals surface area contributed by atoms with Gasteiger partial charge in [0, 0.05) is 23.4 Å². The Bertz CT molecular complexity index is 667. The van der Waals surface area contributed by atoms with E-state index < -0.39 is 5.97 Å². The maximum absolute atomic E-state index is 12.1. The van der Waals surface area contributed by atoms with Crippen LogP contribution >= 0.6 is 15.9 Å². The summed E-state index contributed by atoms with van der Waals surface area (Å²) < 4.78 is 2.58. The molecule has 0 aliphatic heterocycles. The number of anilines is 1. The molecule has 0 saturated heterocycles. The number of hydrogen-bond donors (Lipinski definition) is 2. The first-order valence-corrected chi connectivity index (χ1v) is 6.67. The van der Waals surface area contributed by atoms with Crippen LogP contribution in [-0.2, 0) is 6.54 Å². The topological polar surface area (TPSA) is 84.2 Å². The summed E-state index contributed by atoms with van der Waals surface area (Å²) in [5, 5.41) is 11.5. The third kappa shape index (κ3) is 3.05. The third-order valence-electron chi connectivity index (χ3n) is 2.69. The van der Waals surface area contributed by atoms with Crippen molar-refractivity contribution in [2.45, 2.75) is 13.5 Å². The number of nitrogens with zero attached hydrogens (tertiary/aromatic N) is 2. The molecule has 2 N–H and O–H groups in total. The summed E-state index contributed by atoms with van der Waals surface area (Å²) in [6, 6.07) is 4.37. The Kier molecular flexibility index (Phi) is 4.19. The average molecular weight is 338 g/mol. The largest absolute Gasteiger partial charge is 0.478 e. The number of halogens is 1. The fourth-order valence-corrected chi connectivity index (χ4v) is 2.20. The quantitative estimate of drug-likeness (QED) is 0.898. The number of carbonyl (C=O) groups is 2. The van der Waals surface area contributed by atoms with E-state index in [4.69, 9.17) is 5.11 Å². The average Bonchev–Trinajstić information content (AvgIpc) is 2.80. The van der Waals surface area contributed by atoms with Gasteiger partial charge in [-0.25, -0.2) is 9.78 Å². The van der Waals surface area contributed by atoms with Crippen LogP contribution in [0.4, 0.5) is 5.82 Å². The minimum absolute atomic E-state index is 0.0716. The summed E-state index contributed by atoms with van der Waals surface area (Å²) in [4.78, 5) is 26.9. The van der Waals surface area contributed by atoms with Gasteiger partial charge in [0.2, 0.25) is 0 Å². The van der Waals surface area contributed by atoms with Crippen molar-refractivity contribution in [1.82, 2.24) is 9.55 Å². The van der Waals surface area contributed by atoms with Gasteiger partial charge in [-0.15, -0.1) is 0 Å². The van der Waals surface area contributed by atoms with E-state index in [0.717, 1.165) is 4.47 Å². The van der Waals surface area contributed by atoms with E-state index in [0.29, 0.717) is 12.2 Å². The number of amides is 1. The molecule has 0 bridgehead atoms. The van der Waals surface area contributed by atoms with Crippen LogP contribution < -0.4 is 5.32 Å². The molecule has 0 aliphatic carbocycles. The zero-order chi connectivity index (χ0) is 14.7. The number of aromatic nitrogens is 2. The molecule has 0 atom stereocenters. The molecule has 1 amide bonds. The molecule has 0 fully saturated rings. The Morgan fingerprint density at radius 2 is 2.20 bits per heavy atom. The predicted octanol–water partition coefficient (Wildman–Crippen LogP) is 2.62. The number of nitrogens with one attached hydrogen (secondary N) is 1. The summed E-state index contributed by atoms with van der Waals surface area (Å²) in [6.45, 7) is 2.57. The highest BCUT2D eigenvalue weighted by Crippen LogP contribution is 2.16. The Hall–Kier alpha value is -2.15. The molecule has 0 aromatic carbocycles. The third-order valence-corrected chi connectivity index (χ3v) is 3.12. The van der Waals surface area contributed by atoms with Crippen molar-refractivity contribution in [3.05, 3.63) is 46.3 Å². The minimum atomic E-state index is -1.07.